The van der Waals surface area contributed by atoms with Crippen LogP contribution in [-0.2, 0) is 11.3 Å². The SMILES string of the molecule is O=C1CS[C@@H](c2cn(-c3ccccc3)nc2-c2cccs2)N1Cc1cccnc1. The molecule has 1 fully saturated rings. The van der Waals surface area contributed by atoms with Crippen LogP contribution in [0.2, 0.25) is 0 Å². The number of thioether (sulfide) groups is 1. The second-order valence-corrected chi connectivity index (χ2v) is 8.75. The molecule has 5 rings (SSSR count). The van der Waals surface area contributed by atoms with Gasteiger partial charge in [-0.2, -0.15) is 5.10 Å². The van der Waals surface area contributed by atoms with Gasteiger partial charge in [0.1, 0.15) is 11.1 Å². The van der Waals surface area contributed by atoms with Crippen molar-refractivity contribution in [2.45, 2.75) is 11.9 Å². The molecule has 0 spiro atoms. The van der Waals surface area contributed by atoms with Crippen LogP contribution in [0.3, 0.4) is 0 Å². The summed E-state index contributed by atoms with van der Waals surface area (Å²) in [6.45, 7) is 0.546. The molecule has 29 heavy (non-hydrogen) atoms. The number of aromatic nitrogens is 3. The van der Waals surface area contributed by atoms with Gasteiger partial charge in [0.2, 0.25) is 5.91 Å². The van der Waals surface area contributed by atoms with Gasteiger partial charge in [0.05, 0.1) is 16.3 Å². The number of para-hydroxylation sites is 1. The van der Waals surface area contributed by atoms with Crippen LogP contribution >= 0.6 is 23.1 Å². The summed E-state index contributed by atoms with van der Waals surface area (Å²) in [5.41, 5.74) is 4.04. The Morgan fingerprint density at radius 1 is 1.07 bits per heavy atom. The lowest BCUT2D eigenvalue weighted by atomic mass is 10.2. The highest BCUT2D eigenvalue weighted by Crippen LogP contribution is 2.44. The lowest BCUT2D eigenvalue weighted by Gasteiger charge is -2.23. The number of pyridine rings is 1. The van der Waals surface area contributed by atoms with Gasteiger partial charge < -0.3 is 4.90 Å². The van der Waals surface area contributed by atoms with Gasteiger partial charge in [-0.05, 0) is 35.2 Å². The normalized spacial score (nSPS) is 16.5. The summed E-state index contributed by atoms with van der Waals surface area (Å²) in [7, 11) is 0. The molecular weight excluding hydrogens is 400 g/mol. The first-order valence-electron chi connectivity index (χ1n) is 9.28. The quantitative estimate of drug-likeness (QED) is 0.468. The average Bonchev–Trinajstić information content (AvgIpc) is 3.50. The van der Waals surface area contributed by atoms with Crippen LogP contribution in [-0.4, -0.2) is 31.3 Å². The molecule has 0 saturated carbocycles. The molecule has 1 aromatic carbocycles. The third-order valence-corrected chi connectivity index (χ3v) is 6.94. The lowest BCUT2D eigenvalue weighted by molar-refractivity contribution is -0.128. The minimum absolute atomic E-state index is 0.0720. The van der Waals surface area contributed by atoms with Crippen molar-refractivity contribution in [3.63, 3.8) is 0 Å². The first-order valence-corrected chi connectivity index (χ1v) is 11.2. The van der Waals surface area contributed by atoms with Crippen LogP contribution in [0.15, 0.2) is 78.6 Å². The zero-order chi connectivity index (χ0) is 19.6. The molecule has 1 saturated heterocycles. The van der Waals surface area contributed by atoms with Crippen LogP contribution < -0.4 is 0 Å². The van der Waals surface area contributed by atoms with Crippen molar-refractivity contribution in [2.24, 2.45) is 0 Å². The number of thiophene rings is 1. The monoisotopic (exact) mass is 418 g/mol. The molecule has 0 radical (unpaired) electrons. The van der Waals surface area contributed by atoms with Crippen molar-refractivity contribution in [1.82, 2.24) is 19.7 Å². The van der Waals surface area contributed by atoms with E-state index in [0.29, 0.717) is 12.3 Å². The zero-order valence-corrected chi connectivity index (χ0v) is 17.1. The highest BCUT2D eigenvalue weighted by Gasteiger charge is 2.36. The number of benzene rings is 1. The fourth-order valence-electron chi connectivity index (χ4n) is 3.46. The van der Waals surface area contributed by atoms with Gasteiger partial charge in [0, 0.05) is 30.7 Å². The molecule has 0 unspecified atom stereocenters. The maximum absolute atomic E-state index is 12.7. The number of nitrogens with zero attached hydrogens (tertiary/aromatic N) is 4. The Morgan fingerprint density at radius 3 is 2.72 bits per heavy atom. The van der Waals surface area contributed by atoms with E-state index in [1.165, 1.54) is 0 Å². The molecule has 7 heteroatoms. The van der Waals surface area contributed by atoms with Crippen molar-refractivity contribution in [2.75, 3.05) is 5.75 Å². The minimum atomic E-state index is -0.0720. The molecule has 0 bridgehead atoms. The molecule has 4 heterocycles. The van der Waals surface area contributed by atoms with E-state index >= 15 is 0 Å². The Morgan fingerprint density at radius 2 is 1.97 bits per heavy atom. The summed E-state index contributed by atoms with van der Waals surface area (Å²) in [4.78, 5) is 19.9. The lowest BCUT2D eigenvalue weighted by Crippen LogP contribution is -2.27. The number of hydrogen-bond donors (Lipinski definition) is 0. The second kappa shape index (κ2) is 7.85. The fraction of sp³-hybridized carbons (Fsp3) is 0.136. The summed E-state index contributed by atoms with van der Waals surface area (Å²) < 4.78 is 1.91. The zero-order valence-electron chi connectivity index (χ0n) is 15.5. The molecule has 1 atom stereocenters. The van der Waals surface area contributed by atoms with Gasteiger partial charge in [-0.3, -0.25) is 9.78 Å². The minimum Gasteiger partial charge on any atom is -0.321 e. The number of carbonyl (C=O) groups excluding carboxylic acids is 1. The van der Waals surface area contributed by atoms with E-state index in [4.69, 9.17) is 5.10 Å². The van der Waals surface area contributed by atoms with Crippen molar-refractivity contribution >= 4 is 29.0 Å². The van der Waals surface area contributed by atoms with Crippen molar-refractivity contribution in [3.05, 3.63) is 89.7 Å². The summed E-state index contributed by atoms with van der Waals surface area (Å²) in [6.07, 6.45) is 5.64. The standard InChI is InChI=1S/C22H18N4OS2/c27-20-15-29-22(25(20)13-16-6-4-10-23-12-16)18-14-26(17-7-2-1-3-8-17)24-21(18)19-9-5-11-28-19/h1-12,14,22H,13,15H2/t22-/m0/s1. The molecule has 0 aliphatic carbocycles. The summed E-state index contributed by atoms with van der Waals surface area (Å²) in [5.74, 6) is 0.624. The summed E-state index contributed by atoms with van der Waals surface area (Å²) >= 11 is 3.32. The van der Waals surface area contributed by atoms with E-state index in [1.807, 2.05) is 64.3 Å². The first kappa shape index (κ1) is 18.1. The first-order chi connectivity index (χ1) is 14.3. The Bertz CT molecular complexity index is 1110. The topological polar surface area (TPSA) is 51.0 Å². The molecular formula is C22H18N4OS2. The van der Waals surface area contributed by atoms with E-state index < -0.39 is 0 Å². The molecule has 1 aliphatic heterocycles. The van der Waals surface area contributed by atoms with Crippen LogP contribution in [0.1, 0.15) is 16.5 Å². The third kappa shape index (κ3) is 3.59. The average molecular weight is 419 g/mol. The van der Waals surface area contributed by atoms with Crippen LogP contribution in [0.25, 0.3) is 16.3 Å². The van der Waals surface area contributed by atoms with Gasteiger partial charge >= 0.3 is 0 Å². The smallest absolute Gasteiger partial charge is 0.234 e. The van der Waals surface area contributed by atoms with Gasteiger partial charge in [-0.25, -0.2) is 4.68 Å². The van der Waals surface area contributed by atoms with Gasteiger partial charge in [0.25, 0.3) is 0 Å². The van der Waals surface area contributed by atoms with Crippen LogP contribution in [0.4, 0.5) is 0 Å². The number of amides is 1. The highest BCUT2D eigenvalue weighted by molar-refractivity contribution is 8.00. The number of hydrogen-bond acceptors (Lipinski definition) is 5. The van der Waals surface area contributed by atoms with Crippen molar-refractivity contribution < 1.29 is 4.79 Å². The fourth-order valence-corrected chi connectivity index (χ4v) is 5.38. The number of rotatable bonds is 5. The highest BCUT2D eigenvalue weighted by atomic mass is 32.2. The van der Waals surface area contributed by atoms with E-state index in [9.17, 15) is 4.79 Å². The summed E-state index contributed by atoms with van der Waals surface area (Å²) in [5, 5.41) is 6.88. The van der Waals surface area contributed by atoms with E-state index in [-0.39, 0.29) is 11.3 Å². The Balaban J connectivity index is 1.56. The van der Waals surface area contributed by atoms with E-state index in [0.717, 1.165) is 27.4 Å². The molecule has 144 valence electrons. The van der Waals surface area contributed by atoms with Gasteiger partial charge in [-0.1, -0.05) is 30.3 Å². The van der Waals surface area contributed by atoms with Gasteiger partial charge in [-0.15, -0.1) is 23.1 Å². The van der Waals surface area contributed by atoms with Crippen molar-refractivity contribution in [3.8, 4) is 16.3 Å². The maximum atomic E-state index is 12.7. The molecule has 0 N–H and O–H groups in total. The van der Waals surface area contributed by atoms with E-state index in [2.05, 4.69) is 22.6 Å². The predicted molar refractivity (Wildman–Crippen MR) is 117 cm³/mol. The molecule has 1 aliphatic rings. The molecule has 5 nitrogen and oxygen atoms in total. The summed E-state index contributed by atoms with van der Waals surface area (Å²) in [6, 6.07) is 18.1. The predicted octanol–water partition coefficient (Wildman–Crippen LogP) is 4.77. The van der Waals surface area contributed by atoms with Crippen LogP contribution in [0.5, 0.6) is 0 Å². The third-order valence-electron chi connectivity index (χ3n) is 4.83. The Hall–Kier alpha value is -2.90. The second-order valence-electron chi connectivity index (χ2n) is 6.74. The number of carbonyl (C=O) groups is 1. The van der Waals surface area contributed by atoms with Crippen LogP contribution in [0, 0.1) is 0 Å². The van der Waals surface area contributed by atoms with Crippen molar-refractivity contribution in [1.29, 1.82) is 0 Å². The Kier molecular flexibility index (Phi) is 4.91. The van der Waals surface area contributed by atoms with Gasteiger partial charge in [0.15, 0.2) is 0 Å². The maximum Gasteiger partial charge on any atom is 0.234 e. The largest absolute Gasteiger partial charge is 0.321 e. The molecule has 3 aromatic heterocycles. The molecule has 1 amide bonds. The Labute approximate surface area is 177 Å². The molecule has 4 aromatic rings. The van der Waals surface area contributed by atoms with E-state index in [1.54, 1.807) is 29.3 Å².